The Morgan fingerprint density at radius 1 is 1.27 bits per heavy atom. The van der Waals surface area contributed by atoms with Gasteiger partial charge >= 0.3 is 0 Å². The zero-order chi connectivity index (χ0) is 24.0. The molecule has 1 atom stereocenters. The summed E-state index contributed by atoms with van der Waals surface area (Å²) >= 11 is 0. The molecule has 0 unspecified atom stereocenters. The first-order valence-corrected chi connectivity index (χ1v) is 11.9. The molecule has 2 aliphatic heterocycles. The van der Waals surface area contributed by atoms with E-state index in [0.29, 0.717) is 5.56 Å². The lowest BCUT2D eigenvalue weighted by Crippen LogP contribution is -2.73. The highest BCUT2D eigenvalue weighted by molar-refractivity contribution is 7.93. The molecule has 3 heterocycles. The first-order chi connectivity index (χ1) is 15.5. The molecular weight excluding hydrogens is 454 g/mol. The van der Waals surface area contributed by atoms with Crippen LogP contribution in [-0.4, -0.2) is 67.4 Å². The van der Waals surface area contributed by atoms with Crippen LogP contribution < -0.4 is 10.5 Å². The van der Waals surface area contributed by atoms with Gasteiger partial charge in [-0.15, -0.1) is 0 Å². The van der Waals surface area contributed by atoms with Gasteiger partial charge in [0.1, 0.15) is 28.6 Å². The summed E-state index contributed by atoms with van der Waals surface area (Å²) in [6.45, 7) is 1.02. The lowest BCUT2D eigenvalue weighted by molar-refractivity contribution is 0.0988. The highest BCUT2D eigenvalue weighted by Gasteiger charge is 2.60. The minimum Gasteiger partial charge on any atom is -0.461 e. The van der Waals surface area contributed by atoms with E-state index >= 15 is 0 Å². The van der Waals surface area contributed by atoms with Crippen LogP contribution in [0, 0.1) is 5.82 Å². The van der Waals surface area contributed by atoms with Crippen molar-refractivity contribution >= 4 is 21.5 Å². The molecule has 11 heteroatoms. The van der Waals surface area contributed by atoms with Crippen molar-refractivity contribution in [2.24, 2.45) is 10.7 Å². The molecule has 176 valence electrons. The van der Waals surface area contributed by atoms with E-state index in [-0.39, 0.29) is 53.9 Å². The Labute approximate surface area is 190 Å². The van der Waals surface area contributed by atoms with E-state index in [1.807, 2.05) is 4.90 Å². The SMILES string of the molecule is CN1CC2(C1)C(N)=N[C@](C)(c1cc(CC(=O)c3ccc(OCF)cn3)ccc1F)CS2(=O)=O. The number of ketones is 1. The van der Waals surface area contributed by atoms with Crippen LogP contribution in [0.5, 0.6) is 5.75 Å². The van der Waals surface area contributed by atoms with Crippen LogP contribution in [0.25, 0.3) is 0 Å². The van der Waals surface area contributed by atoms with Crippen molar-refractivity contribution in [2.45, 2.75) is 23.6 Å². The molecule has 0 saturated carbocycles. The van der Waals surface area contributed by atoms with Crippen molar-refractivity contribution in [3.8, 4) is 5.75 Å². The third kappa shape index (κ3) is 3.99. The number of amidine groups is 1. The molecule has 1 aromatic heterocycles. The Bertz CT molecular complexity index is 1230. The highest BCUT2D eigenvalue weighted by Crippen LogP contribution is 2.41. The molecule has 1 spiro atoms. The molecule has 8 nitrogen and oxygen atoms in total. The fraction of sp³-hybridized carbons (Fsp3) is 0.409. The number of aliphatic imine (C=N–C) groups is 1. The number of benzene rings is 1. The molecule has 1 fully saturated rings. The zero-order valence-corrected chi connectivity index (χ0v) is 19.0. The fourth-order valence-electron chi connectivity index (χ4n) is 4.45. The summed E-state index contributed by atoms with van der Waals surface area (Å²) in [5.41, 5.74) is 5.37. The minimum atomic E-state index is -3.71. The van der Waals surface area contributed by atoms with Gasteiger partial charge in [0.05, 0.1) is 11.9 Å². The predicted molar refractivity (Wildman–Crippen MR) is 118 cm³/mol. The molecule has 0 amide bonds. The lowest BCUT2D eigenvalue weighted by atomic mass is 9.89. The number of ether oxygens (including phenoxy) is 1. The molecule has 1 saturated heterocycles. The van der Waals surface area contributed by atoms with Crippen LogP contribution >= 0.6 is 0 Å². The van der Waals surface area contributed by atoms with Crippen molar-refractivity contribution in [1.82, 2.24) is 9.88 Å². The van der Waals surface area contributed by atoms with E-state index in [0.717, 1.165) is 0 Å². The van der Waals surface area contributed by atoms with Crippen molar-refractivity contribution in [1.29, 1.82) is 0 Å². The van der Waals surface area contributed by atoms with Gasteiger partial charge in [-0.3, -0.25) is 9.79 Å². The van der Waals surface area contributed by atoms with Gasteiger partial charge in [-0.25, -0.2) is 22.2 Å². The smallest absolute Gasteiger partial charge is 0.228 e. The van der Waals surface area contributed by atoms with Gasteiger partial charge in [-0.05, 0) is 43.8 Å². The molecule has 4 rings (SSSR count). The number of aromatic nitrogens is 1. The number of rotatable bonds is 6. The second-order valence-electron chi connectivity index (χ2n) is 8.74. The van der Waals surface area contributed by atoms with Gasteiger partial charge in [0.25, 0.3) is 0 Å². The third-order valence-corrected chi connectivity index (χ3v) is 8.77. The Balaban J connectivity index is 1.62. The average molecular weight is 479 g/mol. The van der Waals surface area contributed by atoms with E-state index in [4.69, 9.17) is 5.73 Å². The van der Waals surface area contributed by atoms with Crippen LogP contribution in [0.4, 0.5) is 8.78 Å². The average Bonchev–Trinajstić information content (AvgIpc) is 2.71. The van der Waals surface area contributed by atoms with Crippen molar-refractivity contribution < 1.29 is 26.7 Å². The first-order valence-electron chi connectivity index (χ1n) is 10.2. The summed E-state index contributed by atoms with van der Waals surface area (Å²) in [6.07, 6.45) is 1.14. The summed E-state index contributed by atoms with van der Waals surface area (Å²) in [5, 5.41) is 0. The quantitative estimate of drug-likeness (QED) is 0.628. The number of nitrogens with two attached hydrogens (primary N) is 1. The predicted octanol–water partition coefficient (Wildman–Crippen LogP) is 1.64. The van der Waals surface area contributed by atoms with Crippen molar-refractivity contribution in [3.05, 3.63) is 59.2 Å². The second kappa shape index (κ2) is 8.14. The van der Waals surface area contributed by atoms with Crippen LogP contribution in [0.3, 0.4) is 0 Å². The summed E-state index contributed by atoms with van der Waals surface area (Å²) in [7, 11) is -1.92. The van der Waals surface area contributed by atoms with E-state index < -0.39 is 32.8 Å². The van der Waals surface area contributed by atoms with Crippen LogP contribution in [0.1, 0.15) is 28.5 Å². The maximum absolute atomic E-state index is 14.9. The Morgan fingerprint density at radius 2 is 2.00 bits per heavy atom. The molecule has 1 aromatic carbocycles. The summed E-state index contributed by atoms with van der Waals surface area (Å²) in [6, 6.07) is 6.93. The molecule has 0 aliphatic carbocycles. The fourth-order valence-corrected chi connectivity index (χ4v) is 6.89. The molecule has 2 aromatic rings. The number of nitrogens with zero attached hydrogens (tertiary/aromatic N) is 3. The second-order valence-corrected chi connectivity index (χ2v) is 11.0. The van der Waals surface area contributed by atoms with Gasteiger partial charge in [0, 0.05) is 25.1 Å². The lowest BCUT2D eigenvalue weighted by Gasteiger charge is -2.51. The summed E-state index contributed by atoms with van der Waals surface area (Å²) < 4.78 is 56.8. The van der Waals surface area contributed by atoms with E-state index in [1.165, 1.54) is 43.5 Å². The maximum atomic E-state index is 14.9. The highest BCUT2D eigenvalue weighted by atomic mass is 32.2. The van der Waals surface area contributed by atoms with Gasteiger partial charge in [0.15, 0.2) is 20.4 Å². The van der Waals surface area contributed by atoms with E-state index in [1.54, 1.807) is 7.05 Å². The molecule has 33 heavy (non-hydrogen) atoms. The standard InChI is InChI=1S/C22H24F2N4O4S/c1-21(12-33(30,31)22(20(25)27-21)10-28(2)11-22)16-7-14(3-5-17(16)24)8-19(29)18-6-4-15(9-26-18)32-13-23/h3-7,9H,8,10-13H2,1-2H3,(H2,25,27)/t21-/m0/s1. The Kier molecular flexibility index (Phi) is 5.73. The number of alkyl halides is 1. The van der Waals surface area contributed by atoms with Crippen molar-refractivity contribution in [3.63, 3.8) is 0 Å². The topological polar surface area (TPSA) is 115 Å². The number of carbonyl (C=O) groups is 1. The van der Waals surface area contributed by atoms with Crippen LogP contribution in [0.15, 0.2) is 41.5 Å². The largest absolute Gasteiger partial charge is 0.461 e. The Morgan fingerprint density at radius 3 is 2.58 bits per heavy atom. The number of pyridine rings is 1. The zero-order valence-electron chi connectivity index (χ0n) is 18.2. The molecule has 0 bridgehead atoms. The third-order valence-electron chi connectivity index (χ3n) is 6.17. The molecule has 0 radical (unpaired) electrons. The number of carbonyl (C=O) groups excluding carboxylic acids is 1. The summed E-state index contributed by atoms with van der Waals surface area (Å²) in [5.74, 6) is -1.20. The van der Waals surface area contributed by atoms with E-state index in [9.17, 15) is 22.0 Å². The first kappa shape index (κ1) is 23.2. The summed E-state index contributed by atoms with van der Waals surface area (Å²) in [4.78, 5) is 22.9. The number of Topliss-reactive ketones (excluding diaryl/α,β-unsaturated/α-hetero) is 1. The maximum Gasteiger partial charge on any atom is 0.228 e. The molecular formula is C22H24F2N4O4S. The minimum absolute atomic E-state index is 0.0185. The Hall–Kier alpha value is -2.92. The number of halogens is 2. The number of likely N-dealkylation sites (tertiary alicyclic amines) is 1. The monoisotopic (exact) mass is 478 g/mol. The van der Waals surface area contributed by atoms with Gasteiger partial charge in [-0.2, -0.15) is 0 Å². The van der Waals surface area contributed by atoms with Crippen LogP contribution in [-0.2, 0) is 21.8 Å². The molecule has 2 aliphatic rings. The number of hydrogen-bond donors (Lipinski definition) is 1. The van der Waals surface area contributed by atoms with Gasteiger partial charge in [0.2, 0.25) is 6.86 Å². The number of hydrogen-bond acceptors (Lipinski definition) is 8. The number of sulfone groups is 1. The van der Waals surface area contributed by atoms with Crippen molar-refractivity contribution in [2.75, 3.05) is 32.8 Å². The van der Waals surface area contributed by atoms with Gasteiger partial charge in [-0.1, -0.05) is 6.07 Å². The normalized spacial score (nSPS) is 23.6. The molecule has 2 N–H and O–H groups in total. The van der Waals surface area contributed by atoms with Crippen LogP contribution in [0.2, 0.25) is 0 Å². The van der Waals surface area contributed by atoms with Gasteiger partial charge < -0.3 is 15.4 Å². The van der Waals surface area contributed by atoms with E-state index in [2.05, 4.69) is 14.7 Å².